The van der Waals surface area contributed by atoms with Gasteiger partial charge in [0, 0.05) is 28.0 Å². The average molecular weight is 477 g/mol. The van der Waals surface area contributed by atoms with E-state index in [-0.39, 0.29) is 5.75 Å². The van der Waals surface area contributed by atoms with Gasteiger partial charge in [-0.3, -0.25) is 9.12 Å². The van der Waals surface area contributed by atoms with E-state index in [1.807, 2.05) is 29.7 Å². The number of nitrogens with one attached hydrogen (secondary N) is 1. The number of pyridine rings is 1. The van der Waals surface area contributed by atoms with Gasteiger partial charge in [0.1, 0.15) is 17.3 Å². The number of hydrogen-bond donors (Lipinski definition) is 1. The van der Waals surface area contributed by atoms with Gasteiger partial charge in [-0.25, -0.2) is 8.42 Å². The van der Waals surface area contributed by atoms with Crippen LogP contribution in [0.5, 0.6) is 11.5 Å². The Balaban J connectivity index is 1.84. The predicted octanol–water partition coefficient (Wildman–Crippen LogP) is 5.57. The molecule has 0 saturated heterocycles. The molecule has 0 radical (unpaired) electrons. The lowest BCUT2D eigenvalue weighted by Crippen LogP contribution is -2.14. The summed E-state index contributed by atoms with van der Waals surface area (Å²) in [5, 5.41) is 9.03. The first-order valence-electron chi connectivity index (χ1n) is 9.35. The Kier molecular flexibility index (Phi) is 5.79. The van der Waals surface area contributed by atoms with E-state index >= 15 is 0 Å². The molecule has 2 aromatic carbocycles. The first-order chi connectivity index (χ1) is 14.8. The van der Waals surface area contributed by atoms with Crippen LogP contribution < -0.4 is 9.46 Å². The van der Waals surface area contributed by atoms with Crippen molar-refractivity contribution in [3.8, 4) is 22.6 Å². The predicted molar refractivity (Wildman–Crippen MR) is 123 cm³/mol. The van der Waals surface area contributed by atoms with Crippen molar-refractivity contribution in [1.82, 2.24) is 14.6 Å². The highest BCUT2D eigenvalue weighted by Crippen LogP contribution is 2.38. The summed E-state index contributed by atoms with van der Waals surface area (Å²) >= 11 is 12.3. The summed E-state index contributed by atoms with van der Waals surface area (Å²) in [6.45, 7) is 3.42. The van der Waals surface area contributed by atoms with Crippen LogP contribution >= 0.6 is 23.2 Å². The van der Waals surface area contributed by atoms with Gasteiger partial charge in [0.2, 0.25) is 10.0 Å². The van der Waals surface area contributed by atoms with E-state index in [4.69, 9.17) is 27.9 Å². The number of ether oxygens (including phenoxy) is 1. The van der Waals surface area contributed by atoms with Crippen LogP contribution in [0.3, 0.4) is 0 Å². The molecule has 0 atom stereocenters. The highest BCUT2D eigenvalue weighted by molar-refractivity contribution is 7.92. The summed E-state index contributed by atoms with van der Waals surface area (Å²) < 4.78 is 34.6. The first-order valence-corrected chi connectivity index (χ1v) is 11.8. The van der Waals surface area contributed by atoms with Gasteiger partial charge in [-0.2, -0.15) is 0 Å². The summed E-state index contributed by atoms with van der Waals surface area (Å²) in [5.41, 5.74) is 2.57. The number of aromatic nitrogens is 3. The van der Waals surface area contributed by atoms with Gasteiger partial charge in [-0.05, 0) is 62.4 Å². The molecule has 10 heteroatoms. The maximum atomic E-state index is 12.1. The summed E-state index contributed by atoms with van der Waals surface area (Å²) in [7, 11) is -3.44. The summed E-state index contributed by atoms with van der Waals surface area (Å²) in [6, 6.07) is 13.7. The second-order valence-corrected chi connectivity index (χ2v) is 9.64. The Hall–Kier alpha value is -2.81. The van der Waals surface area contributed by atoms with Crippen LogP contribution in [0.25, 0.3) is 16.8 Å². The largest absolute Gasteiger partial charge is 0.455 e. The van der Waals surface area contributed by atoms with E-state index in [1.165, 1.54) is 0 Å². The zero-order valence-electron chi connectivity index (χ0n) is 16.6. The summed E-state index contributed by atoms with van der Waals surface area (Å²) in [6.07, 6.45) is 1.87. The zero-order valence-corrected chi connectivity index (χ0v) is 19.0. The van der Waals surface area contributed by atoms with Gasteiger partial charge >= 0.3 is 0 Å². The Morgan fingerprint density at radius 3 is 2.55 bits per heavy atom. The summed E-state index contributed by atoms with van der Waals surface area (Å²) in [5.74, 6) is 1.61. The standard InChI is InChI=1S/C21H18Cl2N4O3S/c1-3-31(28,29)26-16-6-8-19(30-20-7-5-15(22)10-18(20)23)17(11-16)14-4-9-21-25-24-13(2)27(21)12-14/h4-12,26H,3H2,1-2H3. The van der Waals surface area contributed by atoms with E-state index in [1.54, 1.807) is 43.3 Å². The number of anilines is 1. The number of benzene rings is 2. The minimum atomic E-state index is -3.44. The van der Waals surface area contributed by atoms with Crippen molar-refractivity contribution >= 4 is 44.6 Å². The highest BCUT2D eigenvalue weighted by Gasteiger charge is 2.15. The van der Waals surface area contributed by atoms with Crippen molar-refractivity contribution in [2.45, 2.75) is 13.8 Å². The SMILES string of the molecule is CCS(=O)(=O)Nc1ccc(Oc2ccc(Cl)cc2Cl)c(-c2ccc3nnc(C)n3c2)c1. The van der Waals surface area contributed by atoms with Crippen molar-refractivity contribution in [2.75, 3.05) is 10.5 Å². The fourth-order valence-corrected chi connectivity index (χ4v) is 4.08. The minimum absolute atomic E-state index is 0.0349. The number of fused-ring (bicyclic) bond motifs is 1. The quantitative estimate of drug-likeness (QED) is 0.393. The van der Waals surface area contributed by atoms with Crippen LogP contribution in [-0.2, 0) is 10.0 Å². The van der Waals surface area contributed by atoms with Crippen molar-refractivity contribution in [3.63, 3.8) is 0 Å². The molecule has 0 fully saturated rings. The smallest absolute Gasteiger partial charge is 0.232 e. The van der Waals surface area contributed by atoms with Crippen LogP contribution in [0.1, 0.15) is 12.7 Å². The number of nitrogens with zero attached hydrogens (tertiary/aromatic N) is 3. The Labute approximate surface area is 189 Å². The molecule has 4 aromatic rings. The molecular weight excluding hydrogens is 459 g/mol. The topological polar surface area (TPSA) is 85.6 Å². The molecule has 7 nitrogen and oxygen atoms in total. The fraction of sp³-hybridized carbons (Fsp3) is 0.143. The van der Waals surface area contributed by atoms with E-state index in [0.29, 0.717) is 38.4 Å². The lowest BCUT2D eigenvalue weighted by molar-refractivity contribution is 0.485. The molecule has 0 aliphatic rings. The van der Waals surface area contributed by atoms with E-state index in [0.717, 1.165) is 11.4 Å². The maximum absolute atomic E-state index is 12.1. The molecule has 2 aromatic heterocycles. The van der Waals surface area contributed by atoms with E-state index in [2.05, 4.69) is 14.9 Å². The third kappa shape index (κ3) is 4.61. The van der Waals surface area contributed by atoms with Crippen LogP contribution in [0.4, 0.5) is 5.69 Å². The summed E-state index contributed by atoms with van der Waals surface area (Å²) in [4.78, 5) is 0. The monoisotopic (exact) mass is 476 g/mol. The van der Waals surface area contributed by atoms with Crippen molar-refractivity contribution in [3.05, 3.63) is 70.6 Å². The van der Waals surface area contributed by atoms with Gasteiger partial charge in [-0.15, -0.1) is 10.2 Å². The number of rotatable bonds is 6. The molecule has 0 spiro atoms. The molecule has 2 heterocycles. The average Bonchev–Trinajstić information content (AvgIpc) is 3.11. The Morgan fingerprint density at radius 2 is 1.81 bits per heavy atom. The van der Waals surface area contributed by atoms with Gasteiger partial charge in [-0.1, -0.05) is 23.2 Å². The van der Waals surface area contributed by atoms with Crippen LogP contribution in [0, 0.1) is 6.92 Å². The van der Waals surface area contributed by atoms with Crippen molar-refractivity contribution in [2.24, 2.45) is 0 Å². The van der Waals surface area contributed by atoms with E-state index in [9.17, 15) is 8.42 Å². The van der Waals surface area contributed by atoms with E-state index < -0.39 is 10.0 Å². The number of aryl methyl sites for hydroxylation is 1. The number of hydrogen-bond acceptors (Lipinski definition) is 5. The second kappa shape index (κ2) is 8.37. The van der Waals surface area contributed by atoms with Crippen LogP contribution in [0.15, 0.2) is 54.7 Å². The van der Waals surface area contributed by atoms with Crippen molar-refractivity contribution in [1.29, 1.82) is 0 Å². The lowest BCUT2D eigenvalue weighted by atomic mass is 10.1. The third-order valence-corrected chi connectivity index (χ3v) is 6.47. The second-order valence-electron chi connectivity index (χ2n) is 6.79. The molecule has 0 unspecified atom stereocenters. The van der Waals surface area contributed by atoms with Gasteiger partial charge in [0.25, 0.3) is 0 Å². The van der Waals surface area contributed by atoms with Gasteiger partial charge in [0.15, 0.2) is 5.65 Å². The van der Waals surface area contributed by atoms with Crippen molar-refractivity contribution < 1.29 is 13.2 Å². The molecule has 160 valence electrons. The molecule has 31 heavy (non-hydrogen) atoms. The molecule has 4 rings (SSSR count). The van der Waals surface area contributed by atoms with Crippen LogP contribution in [-0.4, -0.2) is 28.8 Å². The number of sulfonamides is 1. The zero-order chi connectivity index (χ0) is 22.2. The number of halogens is 2. The Morgan fingerprint density at radius 1 is 1.03 bits per heavy atom. The fourth-order valence-electron chi connectivity index (χ4n) is 3.00. The first kappa shape index (κ1) is 21.4. The molecule has 1 N–H and O–H groups in total. The Bertz CT molecular complexity index is 1390. The lowest BCUT2D eigenvalue weighted by Gasteiger charge is -2.15. The molecule has 0 saturated carbocycles. The molecule has 0 aliphatic heterocycles. The van der Waals surface area contributed by atoms with Crippen LogP contribution in [0.2, 0.25) is 10.0 Å². The highest BCUT2D eigenvalue weighted by atomic mass is 35.5. The van der Waals surface area contributed by atoms with Gasteiger partial charge < -0.3 is 4.74 Å². The normalized spacial score (nSPS) is 11.6. The third-order valence-electron chi connectivity index (χ3n) is 4.63. The van der Waals surface area contributed by atoms with Gasteiger partial charge in [0.05, 0.1) is 10.8 Å². The molecule has 0 bridgehead atoms. The molecule has 0 amide bonds. The molecule has 0 aliphatic carbocycles. The maximum Gasteiger partial charge on any atom is 0.232 e. The minimum Gasteiger partial charge on any atom is -0.455 e. The molecular formula is C21H18Cl2N4O3S.